The molecule has 1 aromatic carbocycles. The number of hydrogen-bond acceptors (Lipinski definition) is 7. The third-order valence-corrected chi connectivity index (χ3v) is 6.94. The molecule has 0 saturated carbocycles. The number of carbonyl (C=O) groups is 1. The Morgan fingerprint density at radius 3 is 2.50 bits per heavy atom. The number of fused-ring (bicyclic) bond motifs is 2. The van der Waals surface area contributed by atoms with Gasteiger partial charge >= 0.3 is 12.3 Å². The number of alkyl halides is 3. The van der Waals surface area contributed by atoms with Crippen LogP contribution >= 0.6 is 0 Å². The molecule has 1 fully saturated rings. The molecule has 5 rings (SSSR count). The molecule has 0 bridgehead atoms. The molecule has 2 aliphatic heterocycles. The first-order valence-electron chi connectivity index (χ1n) is 12.4. The zero-order valence-corrected chi connectivity index (χ0v) is 21.7. The van der Waals surface area contributed by atoms with E-state index < -0.39 is 35.5 Å². The average Bonchev–Trinajstić information content (AvgIpc) is 3.35. The highest BCUT2D eigenvalue weighted by atomic mass is 19.4. The molecule has 0 unspecified atom stereocenters. The second-order valence-corrected chi connectivity index (χ2v) is 10.8. The van der Waals surface area contributed by atoms with Gasteiger partial charge in [0.1, 0.15) is 11.4 Å². The predicted molar refractivity (Wildman–Crippen MR) is 136 cm³/mol. The Balaban J connectivity index is 1.61. The van der Waals surface area contributed by atoms with Crippen molar-refractivity contribution in [2.45, 2.75) is 58.1 Å². The number of halogens is 3. The van der Waals surface area contributed by atoms with Crippen molar-refractivity contribution < 1.29 is 27.4 Å². The van der Waals surface area contributed by atoms with E-state index >= 15 is 0 Å². The second kappa shape index (κ2) is 9.04. The topological polar surface area (TPSA) is 81.8 Å². The number of para-hydroxylation sites is 1. The fourth-order valence-electron chi connectivity index (χ4n) is 4.90. The zero-order chi connectivity index (χ0) is 27.5. The molecule has 204 valence electrons. The third kappa shape index (κ3) is 4.50. The normalized spacial score (nSPS) is 20.2. The Morgan fingerprint density at radius 2 is 1.84 bits per heavy atom. The summed E-state index contributed by atoms with van der Waals surface area (Å²) in [4.78, 5) is 33.5. The maximum Gasteiger partial charge on any atom is 0.419 e. The molecule has 0 spiro atoms. The molecule has 0 radical (unpaired) electrons. The lowest BCUT2D eigenvalue weighted by Gasteiger charge is -2.37. The van der Waals surface area contributed by atoms with Crippen LogP contribution in [0.15, 0.2) is 41.3 Å². The number of hydrogen-bond donors (Lipinski definition) is 0. The van der Waals surface area contributed by atoms with Crippen LogP contribution in [-0.4, -0.2) is 63.8 Å². The molecule has 3 aromatic rings. The van der Waals surface area contributed by atoms with Crippen LogP contribution in [0.25, 0.3) is 10.9 Å². The highest BCUT2D eigenvalue weighted by Gasteiger charge is 2.60. The number of ether oxygens (including phenoxy) is 2. The van der Waals surface area contributed by atoms with Crippen molar-refractivity contribution in [3.05, 3.63) is 52.4 Å². The monoisotopic (exact) mass is 533 g/mol. The summed E-state index contributed by atoms with van der Waals surface area (Å²) in [5.41, 5.74) is -2.72. The Kier molecular flexibility index (Phi) is 6.20. The standard InChI is InChI=1S/C26H30F3N5O4/c1-24(2,3)38-23(36)32-14-17(18-7-5-6-8-19(18)32)15-34-22-30-20(31-9-11-37-12-10-31)13-21(35)33(22)16-25(34,4)26(27,28)29/h5-8,13-14H,9-12,15-16H2,1-4H3/t25-/m0/s1. The van der Waals surface area contributed by atoms with Crippen molar-refractivity contribution in [3.63, 3.8) is 0 Å². The van der Waals surface area contributed by atoms with E-state index in [1.165, 1.54) is 16.8 Å². The summed E-state index contributed by atoms with van der Waals surface area (Å²) in [6.07, 6.45) is -3.80. The van der Waals surface area contributed by atoms with Gasteiger partial charge < -0.3 is 19.3 Å². The lowest BCUT2D eigenvalue weighted by Crippen LogP contribution is -2.55. The van der Waals surface area contributed by atoms with E-state index in [1.54, 1.807) is 45.0 Å². The Labute approximate surface area is 217 Å². The lowest BCUT2D eigenvalue weighted by molar-refractivity contribution is -0.182. The van der Waals surface area contributed by atoms with Crippen molar-refractivity contribution in [1.29, 1.82) is 0 Å². The fraction of sp³-hybridized carbons (Fsp3) is 0.500. The van der Waals surface area contributed by atoms with E-state index in [2.05, 4.69) is 4.98 Å². The highest BCUT2D eigenvalue weighted by molar-refractivity contribution is 5.92. The fourth-order valence-corrected chi connectivity index (χ4v) is 4.90. The summed E-state index contributed by atoms with van der Waals surface area (Å²) in [7, 11) is 0. The molecule has 38 heavy (non-hydrogen) atoms. The van der Waals surface area contributed by atoms with Crippen LogP contribution in [0, 0.1) is 0 Å². The number of morpholine rings is 1. The molecule has 12 heteroatoms. The summed E-state index contributed by atoms with van der Waals surface area (Å²) >= 11 is 0. The van der Waals surface area contributed by atoms with Crippen molar-refractivity contribution >= 4 is 28.8 Å². The first-order chi connectivity index (χ1) is 17.8. The maximum atomic E-state index is 14.6. The number of rotatable bonds is 3. The smallest absolute Gasteiger partial charge is 0.419 e. The molecule has 1 atom stereocenters. The molecule has 2 aliphatic rings. The summed E-state index contributed by atoms with van der Waals surface area (Å²) in [6.45, 7) is 7.31. The van der Waals surface area contributed by atoms with Crippen molar-refractivity contribution in [3.8, 4) is 0 Å². The van der Waals surface area contributed by atoms with Gasteiger partial charge in [-0.3, -0.25) is 13.9 Å². The van der Waals surface area contributed by atoms with Crippen molar-refractivity contribution in [1.82, 2.24) is 14.1 Å². The van der Waals surface area contributed by atoms with Gasteiger partial charge in [0.2, 0.25) is 5.95 Å². The molecule has 0 N–H and O–H groups in total. The van der Waals surface area contributed by atoms with Crippen LogP contribution in [-0.2, 0) is 22.6 Å². The van der Waals surface area contributed by atoms with Crippen molar-refractivity contribution in [2.24, 2.45) is 0 Å². The summed E-state index contributed by atoms with van der Waals surface area (Å²) in [5, 5.41) is 0.605. The van der Waals surface area contributed by atoms with E-state index in [9.17, 15) is 22.8 Å². The minimum atomic E-state index is -4.67. The minimum Gasteiger partial charge on any atom is -0.443 e. The molecule has 4 heterocycles. The summed E-state index contributed by atoms with van der Waals surface area (Å²) in [6, 6.07) is 8.24. The zero-order valence-electron chi connectivity index (χ0n) is 21.7. The molecule has 2 aromatic heterocycles. The number of carbonyl (C=O) groups excluding carboxylic acids is 1. The first-order valence-corrected chi connectivity index (χ1v) is 12.4. The van der Waals surface area contributed by atoms with Gasteiger partial charge in [-0.2, -0.15) is 18.2 Å². The number of aromatic nitrogens is 3. The van der Waals surface area contributed by atoms with Gasteiger partial charge in [-0.1, -0.05) is 18.2 Å². The highest BCUT2D eigenvalue weighted by Crippen LogP contribution is 2.44. The second-order valence-electron chi connectivity index (χ2n) is 10.8. The quantitative estimate of drug-likeness (QED) is 0.500. The molecular formula is C26H30F3N5O4. The van der Waals surface area contributed by atoms with Crippen LogP contribution in [0.5, 0.6) is 0 Å². The van der Waals surface area contributed by atoms with Gasteiger partial charge in [-0.15, -0.1) is 0 Å². The van der Waals surface area contributed by atoms with E-state index in [0.29, 0.717) is 48.6 Å². The van der Waals surface area contributed by atoms with Gasteiger partial charge in [0.05, 0.1) is 25.3 Å². The van der Waals surface area contributed by atoms with Crippen LogP contribution in [0.2, 0.25) is 0 Å². The molecule has 0 amide bonds. The Bertz CT molecular complexity index is 1440. The average molecular weight is 534 g/mol. The van der Waals surface area contributed by atoms with Crippen molar-refractivity contribution in [2.75, 3.05) is 36.1 Å². The van der Waals surface area contributed by atoms with Gasteiger partial charge in [-0.25, -0.2) is 4.79 Å². The number of anilines is 2. The third-order valence-electron chi connectivity index (χ3n) is 6.94. The largest absolute Gasteiger partial charge is 0.443 e. The van der Waals surface area contributed by atoms with Crippen LogP contribution in [0.4, 0.5) is 29.7 Å². The number of benzene rings is 1. The molecule has 0 aliphatic carbocycles. The minimum absolute atomic E-state index is 0.0621. The molecule has 9 nitrogen and oxygen atoms in total. The van der Waals surface area contributed by atoms with E-state index in [1.807, 2.05) is 4.90 Å². The lowest BCUT2D eigenvalue weighted by atomic mass is 10.00. The van der Waals surface area contributed by atoms with E-state index in [0.717, 1.165) is 16.4 Å². The maximum absolute atomic E-state index is 14.6. The van der Waals surface area contributed by atoms with Crippen LogP contribution in [0.1, 0.15) is 33.3 Å². The SMILES string of the molecule is CC(C)(C)OC(=O)n1cc(CN2c3nc(N4CCOCC4)cc(=O)n3C[C@@]2(C)C(F)(F)F)c2ccccc21. The van der Waals surface area contributed by atoms with Gasteiger partial charge in [0, 0.05) is 37.3 Å². The van der Waals surface area contributed by atoms with Crippen LogP contribution in [0.3, 0.4) is 0 Å². The van der Waals surface area contributed by atoms with E-state index in [-0.39, 0.29) is 12.5 Å². The first kappa shape index (κ1) is 26.1. The summed E-state index contributed by atoms with van der Waals surface area (Å²) < 4.78 is 57.0. The van der Waals surface area contributed by atoms with Gasteiger partial charge in [0.15, 0.2) is 5.54 Å². The van der Waals surface area contributed by atoms with Gasteiger partial charge in [-0.05, 0) is 39.3 Å². The predicted octanol–water partition coefficient (Wildman–Crippen LogP) is 4.16. The number of nitrogens with zero attached hydrogens (tertiary/aromatic N) is 5. The van der Waals surface area contributed by atoms with Gasteiger partial charge in [0.25, 0.3) is 5.56 Å². The molecule has 1 saturated heterocycles. The van der Waals surface area contributed by atoms with E-state index in [4.69, 9.17) is 9.47 Å². The summed E-state index contributed by atoms with van der Waals surface area (Å²) in [5.74, 6) is 0.255. The Morgan fingerprint density at radius 1 is 1.16 bits per heavy atom. The Hall–Kier alpha value is -3.54. The van der Waals surface area contributed by atoms with Crippen LogP contribution < -0.4 is 15.4 Å². The molecular weight excluding hydrogens is 503 g/mol.